The first-order valence-electron chi connectivity index (χ1n) is 13.0. The summed E-state index contributed by atoms with van der Waals surface area (Å²) in [5.41, 5.74) is 4.68. The molecule has 0 unspecified atom stereocenters. The Bertz CT molecular complexity index is 1140. The van der Waals surface area contributed by atoms with Crippen LogP contribution in [0.5, 0.6) is 0 Å². The van der Waals surface area contributed by atoms with E-state index in [2.05, 4.69) is 54.3 Å². The molecule has 200 valence electrons. The quantitative estimate of drug-likeness (QED) is 0.176. The SMILES string of the molecule is CCC/C(C(=O)Nc1ccc(Br)cc1)=C(CCC)/C(CCC)=C(/CCC)C(=O)Nc1ccc(Cl)cc1Cl. The fourth-order valence-electron chi connectivity index (χ4n) is 4.30. The average Bonchev–Trinajstić information content (AvgIpc) is 2.86. The molecule has 2 N–H and O–H groups in total. The summed E-state index contributed by atoms with van der Waals surface area (Å²) in [4.78, 5) is 27.2. The Balaban J connectivity index is 2.63. The predicted molar refractivity (Wildman–Crippen MR) is 162 cm³/mol. The number of hydrogen-bond acceptors (Lipinski definition) is 2. The lowest BCUT2D eigenvalue weighted by Crippen LogP contribution is -2.20. The number of anilines is 2. The highest BCUT2D eigenvalue weighted by molar-refractivity contribution is 9.10. The maximum atomic E-state index is 13.6. The molecular formula is C30H37BrCl2N2O2. The van der Waals surface area contributed by atoms with E-state index in [1.807, 2.05) is 24.3 Å². The molecule has 0 spiro atoms. The van der Waals surface area contributed by atoms with E-state index in [4.69, 9.17) is 23.2 Å². The molecule has 0 heterocycles. The van der Waals surface area contributed by atoms with Crippen molar-refractivity contribution in [2.24, 2.45) is 0 Å². The van der Waals surface area contributed by atoms with E-state index in [1.54, 1.807) is 18.2 Å². The summed E-state index contributed by atoms with van der Waals surface area (Å²) >= 11 is 15.8. The molecule has 0 fully saturated rings. The van der Waals surface area contributed by atoms with Gasteiger partial charge < -0.3 is 10.6 Å². The zero-order chi connectivity index (χ0) is 27.4. The maximum absolute atomic E-state index is 13.6. The number of hydrogen-bond donors (Lipinski definition) is 2. The lowest BCUT2D eigenvalue weighted by atomic mass is 9.85. The van der Waals surface area contributed by atoms with Gasteiger partial charge in [0, 0.05) is 26.3 Å². The smallest absolute Gasteiger partial charge is 0.251 e. The van der Waals surface area contributed by atoms with Gasteiger partial charge in [-0.15, -0.1) is 0 Å². The lowest BCUT2D eigenvalue weighted by Gasteiger charge is -2.22. The first-order valence-corrected chi connectivity index (χ1v) is 14.6. The van der Waals surface area contributed by atoms with Gasteiger partial charge in [0.1, 0.15) is 0 Å². The molecule has 0 atom stereocenters. The highest BCUT2D eigenvalue weighted by atomic mass is 79.9. The van der Waals surface area contributed by atoms with E-state index in [0.29, 0.717) is 40.6 Å². The molecule has 0 aliphatic heterocycles. The van der Waals surface area contributed by atoms with Gasteiger partial charge in [-0.05, 0) is 79.3 Å². The van der Waals surface area contributed by atoms with Crippen molar-refractivity contribution in [1.29, 1.82) is 0 Å². The molecule has 0 radical (unpaired) electrons. The normalized spacial score (nSPS) is 12.5. The molecule has 2 aromatic carbocycles. The van der Waals surface area contributed by atoms with E-state index in [0.717, 1.165) is 59.0 Å². The number of amides is 2. The van der Waals surface area contributed by atoms with Gasteiger partial charge in [-0.3, -0.25) is 9.59 Å². The van der Waals surface area contributed by atoms with Crippen LogP contribution in [0.2, 0.25) is 10.0 Å². The fraction of sp³-hybridized carbons (Fsp3) is 0.400. The van der Waals surface area contributed by atoms with Crippen LogP contribution in [0.25, 0.3) is 0 Å². The second-order valence-corrected chi connectivity index (χ2v) is 10.7. The lowest BCUT2D eigenvalue weighted by molar-refractivity contribution is -0.114. The highest BCUT2D eigenvalue weighted by Crippen LogP contribution is 2.33. The van der Waals surface area contributed by atoms with E-state index < -0.39 is 0 Å². The summed E-state index contributed by atoms with van der Waals surface area (Å²) in [6.45, 7) is 8.33. The summed E-state index contributed by atoms with van der Waals surface area (Å²) in [5, 5.41) is 6.96. The van der Waals surface area contributed by atoms with Crippen LogP contribution in [0, 0.1) is 0 Å². The Hall–Kier alpha value is -2.08. The first kappa shape index (κ1) is 31.1. The zero-order valence-corrected chi connectivity index (χ0v) is 25.2. The van der Waals surface area contributed by atoms with Crippen LogP contribution in [-0.2, 0) is 9.59 Å². The van der Waals surface area contributed by atoms with Crippen molar-refractivity contribution in [2.75, 3.05) is 10.6 Å². The standard InChI is InChI=1S/C30H37BrCl2N2O2/c1-5-9-23(25(11-7-3)29(36)34-22-16-13-20(31)14-17-22)24(10-6-2)26(12-8-4)30(37)35-28-18-15-21(32)19-27(28)33/h13-19H,5-12H2,1-4H3,(H,34,36)(H,35,37)/b25-23-,26-24-. The molecule has 2 amide bonds. The number of allylic oxidation sites excluding steroid dienone is 2. The minimum Gasteiger partial charge on any atom is -0.322 e. The third-order valence-corrected chi connectivity index (χ3v) is 7.00. The molecule has 2 rings (SSSR count). The molecule has 0 aliphatic carbocycles. The maximum Gasteiger partial charge on any atom is 0.251 e. The van der Waals surface area contributed by atoms with Gasteiger partial charge in [0.05, 0.1) is 10.7 Å². The van der Waals surface area contributed by atoms with Gasteiger partial charge in [-0.25, -0.2) is 0 Å². The van der Waals surface area contributed by atoms with Gasteiger partial charge in [0.2, 0.25) is 0 Å². The topological polar surface area (TPSA) is 58.2 Å². The van der Waals surface area contributed by atoms with Crippen molar-refractivity contribution in [3.63, 3.8) is 0 Å². The minimum atomic E-state index is -0.188. The number of nitrogens with one attached hydrogen (secondary N) is 2. The van der Waals surface area contributed by atoms with Crippen molar-refractivity contribution in [3.05, 3.63) is 79.3 Å². The number of halogens is 3. The van der Waals surface area contributed by atoms with Crippen molar-refractivity contribution in [1.82, 2.24) is 0 Å². The Labute approximate surface area is 240 Å². The van der Waals surface area contributed by atoms with Crippen LogP contribution < -0.4 is 10.6 Å². The van der Waals surface area contributed by atoms with Gasteiger partial charge in [-0.2, -0.15) is 0 Å². The molecule has 0 bridgehead atoms. The second-order valence-electron chi connectivity index (χ2n) is 8.95. The Kier molecular flexibility index (Phi) is 13.5. The highest BCUT2D eigenvalue weighted by Gasteiger charge is 2.23. The van der Waals surface area contributed by atoms with E-state index in [9.17, 15) is 9.59 Å². The molecule has 4 nitrogen and oxygen atoms in total. The molecular weight excluding hydrogens is 571 g/mol. The Morgan fingerprint density at radius 1 is 0.676 bits per heavy atom. The van der Waals surface area contributed by atoms with Crippen LogP contribution >= 0.6 is 39.1 Å². The van der Waals surface area contributed by atoms with E-state index in [-0.39, 0.29) is 11.8 Å². The third kappa shape index (κ3) is 9.31. The molecule has 0 aliphatic rings. The van der Waals surface area contributed by atoms with Crippen LogP contribution in [0.4, 0.5) is 11.4 Å². The molecule has 0 aromatic heterocycles. The largest absolute Gasteiger partial charge is 0.322 e. The summed E-state index contributed by atoms with van der Waals surface area (Å²) in [6.07, 6.45) is 6.03. The van der Waals surface area contributed by atoms with Crippen molar-refractivity contribution >= 4 is 62.3 Å². The second kappa shape index (κ2) is 16.0. The molecule has 7 heteroatoms. The van der Waals surface area contributed by atoms with Crippen LogP contribution in [0.15, 0.2) is 69.2 Å². The molecule has 0 saturated heterocycles. The van der Waals surface area contributed by atoms with Crippen molar-refractivity contribution in [2.45, 2.75) is 79.1 Å². The van der Waals surface area contributed by atoms with Crippen LogP contribution in [-0.4, -0.2) is 11.8 Å². The minimum absolute atomic E-state index is 0.113. The summed E-state index contributed by atoms with van der Waals surface area (Å²) < 4.78 is 0.950. The Morgan fingerprint density at radius 3 is 1.59 bits per heavy atom. The fourth-order valence-corrected chi connectivity index (χ4v) is 5.02. The van der Waals surface area contributed by atoms with Gasteiger partial charge >= 0.3 is 0 Å². The van der Waals surface area contributed by atoms with Gasteiger partial charge in [-0.1, -0.05) is 92.5 Å². The molecule has 2 aromatic rings. The van der Waals surface area contributed by atoms with Gasteiger partial charge in [0.25, 0.3) is 11.8 Å². The first-order chi connectivity index (χ1) is 17.7. The van der Waals surface area contributed by atoms with Crippen molar-refractivity contribution < 1.29 is 9.59 Å². The van der Waals surface area contributed by atoms with E-state index >= 15 is 0 Å². The summed E-state index contributed by atoms with van der Waals surface area (Å²) in [7, 11) is 0. The predicted octanol–water partition coefficient (Wildman–Crippen LogP) is 10.1. The van der Waals surface area contributed by atoms with Crippen LogP contribution in [0.1, 0.15) is 79.1 Å². The monoisotopic (exact) mass is 606 g/mol. The van der Waals surface area contributed by atoms with E-state index in [1.165, 1.54) is 0 Å². The van der Waals surface area contributed by atoms with Crippen molar-refractivity contribution in [3.8, 4) is 0 Å². The zero-order valence-electron chi connectivity index (χ0n) is 22.1. The number of carbonyl (C=O) groups excluding carboxylic acids is 2. The summed E-state index contributed by atoms with van der Waals surface area (Å²) in [5.74, 6) is -0.300. The molecule has 37 heavy (non-hydrogen) atoms. The van der Waals surface area contributed by atoms with Crippen LogP contribution in [0.3, 0.4) is 0 Å². The number of rotatable bonds is 13. The Morgan fingerprint density at radius 2 is 1.14 bits per heavy atom. The number of benzene rings is 2. The average molecular weight is 608 g/mol. The third-order valence-electron chi connectivity index (χ3n) is 5.92. The number of carbonyl (C=O) groups is 2. The summed E-state index contributed by atoms with van der Waals surface area (Å²) in [6, 6.07) is 12.6. The van der Waals surface area contributed by atoms with Gasteiger partial charge in [0.15, 0.2) is 0 Å². The molecule has 0 saturated carbocycles.